The third-order valence-corrected chi connectivity index (χ3v) is 4.46. The lowest BCUT2D eigenvalue weighted by Gasteiger charge is -2.21. The van der Waals surface area contributed by atoms with E-state index in [0.29, 0.717) is 24.5 Å². The molecule has 19 heavy (non-hydrogen) atoms. The number of hydrogen-bond donors (Lipinski definition) is 1. The molecule has 1 atom stereocenters. The van der Waals surface area contributed by atoms with Crippen molar-refractivity contribution in [1.29, 1.82) is 0 Å². The van der Waals surface area contributed by atoms with Crippen molar-refractivity contribution in [2.75, 3.05) is 11.9 Å². The van der Waals surface area contributed by atoms with Gasteiger partial charge < -0.3 is 14.6 Å². The normalized spacial score (nSPS) is 16.5. The van der Waals surface area contributed by atoms with Crippen molar-refractivity contribution in [3.05, 3.63) is 28.3 Å². The molecule has 0 spiro atoms. The zero-order valence-corrected chi connectivity index (χ0v) is 12.0. The average molecular weight is 278 g/mol. The van der Waals surface area contributed by atoms with E-state index in [4.69, 9.17) is 4.42 Å². The molecule has 0 radical (unpaired) electrons. The first-order chi connectivity index (χ1) is 9.24. The Morgan fingerprint density at radius 1 is 1.53 bits per heavy atom. The molecule has 2 aromatic rings. The predicted octanol–water partition coefficient (Wildman–Crippen LogP) is 2.58. The van der Waals surface area contributed by atoms with Crippen LogP contribution in [0.3, 0.4) is 0 Å². The van der Waals surface area contributed by atoms with E-state index in [1.807, 2.05) is 11.9 Å². The first kappa shape index (κ1) is 12.6. The van der Waals surface area contributed by atoms with E-state index in [-0.39, 0.29) is 6.04 Å². The van der Waals surface area contributed by atoms with Crippen molar-refractivity contribution in [1.82, 2.24) is 15.5 Å². The third kappa shape index (κ3) is 2.96. The van der Waals surface area contributed by atoms with Crippen LogP contribution in [0.15, 0.2) is 21.9 Å². The van der Waals surface area contributed by atoms with Crippen LogP contribution in [0.2, 0.25) is 0 Å². The van der Waals surface area contributed by atoms with Gasteiger partial charge in [-0.1, -0.05) is 11.2 Å². The van der Waals surface area contributed by atoms with Gasteiger partial charge in [0.25, 0.3) is 0 Å². The first-order valence-corrected chi connectivity index (χ1v) is 7.44. The molecular weight excluding hydrogens is 260 g/mol. The van der Waals surface area contributed by atoms with E-state index in [2.05, 4.69) is 40.0 Å². The number of anilines is 1. The van der Waals surface area contributed by atoms with E-state index in [1.54, 1.807) is 11.3 Å². The van der Waals surface area contributed by atoms with Crippen molar-refractivity contribution in [2.24, 2.45) is 0 Å². The Balaban J connectivity index is 1.63. The van der Waals surface area contributed by atoms with Gasteiger partial charge in [-0.3, -0.25) is 0 Å². The minimum atomic E-state index is 0.240. The summed E-state index contributed by atoms with van der Waals surface area (Å²) in [6, 6.07) is 5.65. The van der Waals surface area contributed by atoms with Gasteiger partial charge >= 0.3 is 6.01 Å². The minimum absolute atomic E-state index is 0.240. The highest BCUT2D eigenvalue weighted by atomic mass is 32.1. The van der Waals surface area contributed by atoms with Gasteiger partial charge in [0.2, 0.25) is 5.89 Å². The lowest BCUT2D eigenvalue weighted by atomic mass is 10.2. The van der Waals surface area contributed by atoms with Gasteiger partial charge in [0.1, 0.15) is 0 Å². The van der Waals surface area contributed by atoms with Gasteiger partial charge in [-0.25, -0.2) is 0 Å². The van der Waals surface area contributed by atoms with Gasteiger partial charge in [0, 0.05) is 18.0 Å². The fraction of sp³-hybridized carbons (Fsp3) is 0.538. The zero-order valence-electron chi connectivity index (χ0n) is 11.2. The maximum Gasteiger partial charge on any atom is 0.318 e. The number of nitrogens with zero attached hydrogens (tertiary/aromatic N) is 3. The van der Waals surface area contributed by atoms with E-state index in [1.165, 1.54) is 17.7 Å². The Morgan fingerprint density at radius 3 is 3.05 bits per heavy atom. The van der Waals surface area contributed by atoms with Crippen molar-refractivity contribution in [2.45, 2.75) is 38.4 Å². The van der Waals surface area contributed by atoms with E-state index >= 15 is 0 Å². The van der Waals surface area contributed by atoms with Crippen LogP contribution in [0.25, 0.3) is 0 Å². The Bertz CT molecular complexity index is 520. The second kappa shape index (κ2) is 5.30. The summed E-state index contributed by atoms with van der Waals surface area (Å²) < 4.78 is 5.69. The maximum absolute atomic E-state index is 5.69. The molecule has 1 saturated carbocycles. The van der Waals surface area contributed by atoms with Gasteiger partial charge in [-0.2, -0.15) is 0 Å². The fourth-order valence-electron chi connectivity index (χ4n) is 1.86. The van der Waals surface area contributed by atoms with Gasteiger partial charge in [-0.05, 0) is 31.2 Å². The number of thiophene rings is 1. The minimum Gasteiger partial charge on any atom is -0.407 e. The summed E-state index contributed by atoms with van der Waals surface area (Å²) >= 11 is 1.74. The van der Waals surface area contributed by atoms with Crippen molar-refractivity contribution >= 4 is 17.4 Å². The van der Waals surface area contributed by atoms with Crippen molar-refractivity contribution < 1.29 is 4.42 Å². The van der Waals surface area contributed by atoms with Gasteiger partial charge in [0.15, 0.2) is 0 Å². The summed E-state index contributed by atoms with van der Waals surface area (Å²) in [5.41, 5.74) is 0. The summed E-state index contributed by atoms with van der Waals surface area (Å²) in [7, 11) is 1.98. The molecule has 1 aliphatic carbocycles. The standard InChI is InChI=1S/C13H18N4OS/c1-9(11-4-3-7-19-11)17(2)13-16-15-12(18-13)8-14-10-5-6-10/h3-4,7,9-10,14H,5-6,8H2,1-2H3. The molecule has 102 valence electrons. The van der Waals surface area contributed by atoms with Crippen LogP contribution in [-0.2, 0) is 6.54 Å². The summed E-state index contributed by atoms with van der Waals surface area (Å²) in [4.78, 5) is 3.30. The Hall–Kier alpha value is -1.40. The molecule has 1 aliphatic rings. The number of hydrogen-bond acceptors (Lipinski definition) is 6. The highest BCUT2D eigenvalue weighted by Gasteiger charge is 2.22. The van der Waals surface area contributed by atoms with E-state index in [0.717, 1.165) is 0 Å². The SMILES string of the molecule is CC(c1cccs1)N(C)c1nnc(CNC2CC2)o1. The second-order valence-electron chi connectivity index (χ2n) is 4.94. The highest BCUT2D eigenvalue weighted by molar-refractivity contribution is 7.10. The van der Waals surface area contributed by atoms with E-state index < -0.39 is 0 Å². The van der Waals surface area contributed by atoms with Crippen LogP contribution in [-0.4, -0.2) is 23.3 Å². The number of nitrogens with one attached hydrogen (secondary N) is 1. The van der Waals surface area contributed by atoms with Crippen LogP contribution in [0, 0.1) is 0 Å². The third-order valence-electron chi connectivity index (χ3n) is 3.41. The summed E-state index contributed by atoms with van der Waals surface area (Å²) in [5.74, 6) is 0.659. The molecule has 1 N–H and O–H groups in total. The quantitative estimate of drug-likeness (QED) is 0.880. The Kier molecular flexibility index (Phi) is 3.52. The van der Waals surface area contributed by atoms with Crippen LogP contribution < -0.4 is 10.2 Å². The first-order valence-electron chi connectivity index (χ1n) is 6.56. The Morgan fingerprint density at radius 2 is 2.37 bits per heavy atom. The molecule has 0 amide bonds. The molecule has 0 aromatic carbocycles. The topological polar surface area (TPSA) is 54.2 Å². The van der Waals surface area contributed by atoms with Gasteiger partial charge in [0.05, 0.1) is 12.6 Å². The number of aromatic nitrogens is 2. The second-order valence-corrected chi connectivity index (χ2v) is 5.92. The fourth-order valence-corrected chi connectivity index (χ4v) is 2.69. The zero-order chi connectivity index (χ0) is 13.2. The maximum atomic E-state index is 5.69. The average Bonchev–Trinajstić information content (AvgIpc) is 2.94. The summed E-state index contributed by atoms with van der Waals surface area (Å²) in [6.07, 6.45) is 2.52. The molecule has 5 nitrogen and oxygen atoms in total. The Labute approximate surface area is 116 Å². The van der Waals surface area contributed by atoms with Crippen LogP contribution >= 0.6 is 11.3 Å². The lowest BCUT2D eigenvalue weighted by molar-refractivity contribution is 0.457. The molecule has 2 aromatic heterocycles. The highest BCUT2D eigenvalue weighted by Crippen LogP contribution is 2.27. The summed E-state index contributed by atoms with van der Waals surface area (Å²) in [6.45, 7) is 2.80. The predicted molar refractivity (Wildman–Crippen MR) is 75.3 cm³/mol. The van der Waals surface area contributed by atoms with Crippen LogP contribution in [0.5, 0.6) is 0 Å². The molecular formula is C13H18N4OS. The molecule has 0 aliphatic heterocycles. The molecule has 2 heterocycles. The molecule has 3 rings (SSSR count). The van der Waals surface area contributed by atoms with E-state index in [9.17, 15) is 0 Å². The number of rotatable bonds is 6. The van der Waals surface area contributed by atoms with Crippen LogP contribution in [0.1, 0.15) is 36.6 Å². The van der Waals surface area contributed by atoms with Crippen molar-refractivity contribution in [3.8, 4) is 0 Å². The smallest absolute Gasteiger partial charge is 0.318 e. The molecule has 0 bridgehead atoms. The van der Waals surface area contributed by atoms with Crippen LogP contribution in [0.4, 0.5) is 6.01 Å². The largest absolute Gasteiger partial charge is 0.407 e. The molecule has 6 heteroatoms. The molecule has 1 unspecified atom stereocenters. The van der Waals surface area contributed by atoms with Crippen molar-refractivity contribution in [3.63, 3.8) is 0 Å². The summed E-state index contributed by atoms with van der Waals surface area (Å²) in [5, 5.41) is 13.7. The molecule has 1 fully saturated rings. The van der Waals surface area contributed by atoms with Gasteiger partial charge in [-0.15, -0.1) is 16.4 Å². The lowest BCUT2D eigenvalue weighted by Crippen LogP contribution is -2.21. The monoisotopic (exact) mass is 278 g/mol. The molecule has 0 saturated heterocycles.